The summed E-state index contributed by atoms with van der Waals surface area (Å²) in [5, 5.41) is 25.4. The van der Waals surface area contributed by atoms with Gasteiger partial charge in [-0.1, -0.05) is 79.2 Å². The molecule has 3 N–H and O–H groups in total. The van der Waals surface area contributed by atoms with Gasteiger partial charge in [0.25, 0.3) is 0 Å². The fourth-order valence-electron chi connectivity index (χ4n) is 10.8. The Balaban J connectivity index is 1.16. The van der Waals surface area contributed by atoms with Gasteiger partial charge >= 0.3 is 6.09 Å². The summed E-state index contributed by atoms with van der Waals surface area (Å²) < 4.78 is 5.64. The Kier molecular flexibility index (Phi) is 9.14. The van der Waals surface area contributed by atoms with E-state index in [-0.39, 0.29) is 34.5 Å². The van der Waals surface area contributed by atoms with E-state index in [1.807, 2.05) is 0 Å². The molecule has 0 saturated heterocycles. The molecule has 1 aromatic rings. The van der Waals surface area contributed by atoms with Gasteiger partial charge in [0, 0.05) is 6.54 Å². The van der Waals surface area contributed by atoms with E-state index in [0.717, 1.165) is 37.7 Å². The average molecular weight is 582 g/mol. The lowest BCUT2D eigenvalue weighted by atomic mass is 9.41. The molecule has 0 bridgehead atoms. The number of rotatable bonds is 7. The predicted octanol–water partition coefficient (Wildman–Crippen LogP) is 7.86. The second kappa shape index (κ2) is 12.1. The molecule has 4 fully saturated rings. The molecular weight excluding hydrogens is 522 g/mol. The number of benzene rings is 1. The third kappa shape index (κ3) is 5.78. The first-order chi connectivity index (χ1) is 19.8. The molecule has 1 aromatic carbocycles. The maximum atomic E-state index is 12.5. The lowest BCUT2D eigenvalue weighted by Gasteiger charge is -2.64. The third-order valence-electron chi connectivity index (χ3n) is 13.2. The highest BCUT2D eigenvalue weighted by Gasteiger charge is 2.64. The molecule has 4 aliphatic carbocycles. The maximum absolute atomic E-state index is 12.5. The summed E-state index contributed by atoms with van der Waals surface area (Å²) in [6.07, 6.45) is 8.84. The van der Waals surface area contributed by atoms with E-state index in [4.69, 9.17) is 4.74 Å². The van der Waals surface area contributed by atoms with Crippen molar-refractivity contribution in [1.82, 2.24) is 5.32 Å². The van der Waals surface area contributed by atoms with E-state index >= 15 is 0 Å². The van der Waals surface area contributed by atoms with Crippen LogP contribution in [0.1, 0.15) is 117 Å². The quantitative estimate of drug-likeness (QED) is 0.306. The van der Waals surface area contributed by atoms with E-state index in [2.05, 4.69) is 78.0 Å². The number of aliphatic hydroxyl groups excluding tert-OH is 2. The molecule has 4 saturated carbocycles. The minimum atomic E-state index is -0.338. The number of amides is 1. The summed E-state index contributed by atoms with van der Waals surface area (Å²) in [6.45, 7) is 17.2. The molecule has 11 atom stereocenters. The second-order valence-electron chi connectivity index (χ2n) is 16.3. The Morgan fingerprint density at radius 1 is 1.00 bits per heavy atom. The summed E-state index contributed by atoms with van der Waals surface area (Å²) in [5.74, 6) is 3.32. The molecule has 0 aromatic heterocycles. The first kappa shape index (κ1) is 31.8. The number of alkyl carbamates (subject to hydrolysis) is 1. The predicted molar refractivity (Wildman–Crippen MR) is 169 cm³/mol. The van der Waals surface area contributed by atoms with Crippen LogP contribution in [0, 0.1) is 52.3 Å². The van der Waals surface area contributed by atoms with Crippen LogP contribution in [0.15, 0.2) is 24.3 Å². The molecule has 1 amide bonds. The standard InChI is InChI=1S/C37H59NO4/c1-8-27-31-21-26(39)15-18-37(31,7)30-16-19-36(6)28(13-14-29(36)32(30)33(27)40)23(2)17-20-42-34(41)38-22-24-9-11-25(12-10-24)35(3,4)5/h9-12,23,26-33,39-40H,8,13-22H2,1-7H3,(H,38,41)/t23-,26-,27-,28-,29+,30+,31+,32?,33-,36-,37-/m1/s1. The monoisotopic (exact) mass is 581 g/mol. The van der Waals surface area contributed by atoms with Crippen LogP contribution in [0.3, 0.4) is 0 Å². The first-order valence-corrected chi connectivity index (χ1v) is 17.2. The Morgan fingerprint density at radius 2 is 1.67 bits per heavy atom. The highest BCUT2D eigenvalue weighted by atomic mass is 16.5. The molecule has 0 heterocycles. The Bertz CT molecular complexity index is 1080. The smallest absolute Gasteiger partial charge is 0.407 e. The van der Waals surface area contributed by atoms with Gasteiger partial charge in [0.1, 0.15) is 0 Å². The Morgan fingerprint density at radius 3 is 2.33 bits per heavy atom. The number of nitrogens with one attached hydrogen (secondary N) is 1. The third-order valence-corrected chi connectivity index (χ3v) is 13.2. The van der Waals surface area contributed by atoms with E-state index in [1.54, 1.807) is 0 Å². The summed E-state index contributed by atoms with van der Waals surface area (Å²) >= 11 is 0. The summed E-state index contributed by atoms with van der Waals surface area (Å²) in [7, 11) is 0. The van der Waals surface area contributed by atoms with Gasteiger partial charge in [-0.3, -0.25) is 0 Å². The minimum absolute atomic E-state index is 0.118. The van der Waals surface area contributed by atoms with Gasteiger partial charge in [0.2, 0.25) is 0 Å². The van der Waals surface area contributed by atoms with Crippen molar-refractivity contribution in [3.8, 4) is 0 Å². The number of carbonyl (C=O) groups excluding carboxylic acids is 1. The van der Waals surface area contributed by atoms with Gasteiger partial charge in [-0.25, -0.2) is 4.79 Å². The fourth-order valence-corrected chi connectivity index (χ4v) is 10.8. The Hall–Kier alpha value is -1.59. The largest absolute Gasteiger partial charge is 0.450 e. The molecule has 0 radical (unpaired) electrons. The minimum Gasteiger partial charge on any atom is -0.450 e. The van der Waals surface area contributed by atoms with Gasteiger partial charge < -0.3 is 20.3 Å². The van der Waals surface area contributed by atoms with Crippen LogP contribution in [0.4, 0.5) is 4.79 Å². The van der Waals surface area contributed by atoms with Crippen LogP contribution >= 0.6 is 0 Å². The van der Waals surface area contributed by atoms with Crippen molar-refractivity contribution in [2.24, 2.45) is 52.3 Å². The van der Waals surface area contributed by atoms with Crippen LogP contribution in [-0.4, -0.2) is 35.1 Å². The highest BCUT2D eigenvalue weighted by Crippen LogP contribution is 2.69. The van der Waals surface area contributed by atoms with Gasteiger partial charge in [0.15, 0.2) is 0 Å². The van der Waals surface area contributed by atoms with Crippen LogP contribution in [0.5, 0.6) is 0 Å². The molecular formula is C37H59NO4. The van der Waals surface area contributed by atoms with Crippen LogP contribution in [0.25, 0.3) is 0 Å². The van der Waals surface area contributed by atoms with Crippen molar-refractivity contribution < 1.29 is 19.7 Å². The molecule has 236 valence electrons. The molecule has 5 rings (SSSR count). The summed E-state index contributed by atoms with van der Waals surface area (Å²) in [6, 6.07) is 8.44. The van der Waals surface area contributed by atoms with Crippen molar-refractivity contribution in [3.63, 3.8) is 0 Å². The lowest BCUT2D eigenvalue weighted by Crippen LogP contribution is -2.62. The molecule has 5 nitrogen and oxygen atoms in total. The van der Waals surface area contributed by atoms with Gasteiger partial charge in [-0.15, -0.1) is 0 Å². The number of aliphatic hydroxyl groups is 2. The zero-order chi connectivity index (χ0) is 30.4. The SMILES string of the molecule is CC[C@H]1[C@@H](O)C2[C@@H]3CC[C@H]([C@H](C)CCOC(=O)NCc4ccc(C(C)(C)C)cc4)[C@@]3(C)CC[C@@H]2[C@@]2(C)CC[C@@H](O)C[C@@H]12. The van der Waals surface area contributed by atoms with Gasteiger partial charge in [-0.05, 0) is 120 Å². The highest BCUT2D eigenvalue weighted by molar-refractivity contribution is 5.67. The fraction of sp³-hybridized carbons (Fsp3) is 0.811. The lowest BCUT2D eigenvalue weighted by molar-refractivity contribution is -0.203. The second-order valence-corrected chi connectivity index (χ2v) is 16.3. The van der Waals surface area contributed by atoms with Crippen molar-refractivity contribution in [3.05, 3.63) is 35.4 Å². The average Bonchev–Trinajstić information content (AvgIpc) is 3.30. The zero-order valence-corrected chi connectivity index (χ0v) is 27.5. The molecule has 0 aliphatic heterocycles. The molecule has 4 aliphatic rings. The molecule has 0 spiro atoms. The van der Waals surface area contributed by atoms with Gasteiger partial charge in [0.05, 0.1) is 18.8 Å². The first-order valence-electron chi connectivity index (χ1n) is 17.2. The number of fused-ring (bicyclic) bond motifs is 5. The summed E-state index contributed by atoms with van der Waals surface area (Å²) in [4.78, 5) is 12.5. The topological polar surface area (TPSA) is 78.8 Å². The van der Waals surface area contributed by atoms with Crippen LogP contribution < -0.4 is 5.32 Å². The normalized spacial score (nSPS) is 40.4. The van der Waals surface area contributed by atoms with E-state index in [9.17, 15) is 15.0 Å². The Labute approximate surface area is 255 Å². The van der Waals surface area contributed by atoms with E-state index in [1.165, 1.54) is 31.2 Å². The van der Waals surface area contributed by atoms with Crippen molar-refractivity contribution >= 4 is 6.09 Å². The van der Waals surface area contributed by atoms with Crippen molar-refractivity contribution in [2.75, 3.05) is 6.61 Å². The number of hydrogen-bond donors (Lipinski definition) is 3. The molecule has 1 unspecified atom stereocenters. The van der Waals surface area contributed by atoms with E-state index < -0.39 is 0 Å². The maximum Gasteiger partial charge on any atom is 0.407 e. The van der Waals surface area contributed by atoms with E-state index in [0.29, 0.717) is 54.6 Å². The van der Waals surface area contributed by atoms with Crippen molar-refractivity contribution in [2.45, 2.75) is 130 Å². The number of hydrogen-bond acceptors (Lipinski definition) is 4. The summed E-state index contributed by atoms with van der Waals surface area (Å²) in [5.41, 5.74) is 2.96. The molecule has 42 heavy (non-hydrogen) atoms. The number of carbonyl (C=O) groups is 1. The van der Waals surface area contributed by atoms with Gasteiger partial charge in [-0.2, -0.15) is 0 Å². The zero-order valence-electron chi connectivity index (χ0n) is 27.5. The molecule has 5 heteroatoms. The van der Waals surface area contributed by atoms with Crippen molar-refractivity contribution in [1.29, 1.82) is 0 Å². The number of ether oxygens (including phenoxy) is 1. The van der Waals surface area contributed by atoms with Crippen LogP contribution in [-0.2, 0) is 16.7 Å². The van der Waals surface area contributed by atoms with Crippen LogP contribution in [0.2, 0.25) is 0 Å².